The van der Waals surface area contributed by atoms with Gasteiger partial charge in [0.25, 0.3) is 5.67 Å². The second kappa shape index (κ2) is 7.88. The number of ether oxygens (including phenoxy) is 1. The van der Waals surface area contributed by atoms with Gasteiger partial charge in [-0.1, -0.05) is 13.5 Å². The van der Waals surface area contributed by atoms with Crippen LogP contribution in [0.1, 0.15) is 20.3 Å². The number of alkyl halides is 15. The minimum Gasteiger partial charge on any atom is -0.467 e. The van der Waals surface area contributed by atoms with E-state index in [0.717, 1.165) is 0 Å². The van der Waals surface area contributed by atoms with E-state index >= 15 is 4.39 Å². The first kappa shape index (κ1) is 30.2. The van der Waals surface area contributed by atoms with Gasteiger partial charge in [-0.15, -0.1) is 0 Å². The van der Waals surface area contributed by atoms with Crippen LogP contribution in [-0.2, 0) is 9.53 Å². The number of esters is 1. The van der Waals surface area contributed by atoms with Crippen molar-refractivity contribution in [2.24, 2.45) is 0 Å². The third-order valence-electron chi connectivity index (χ3n) is 4.50. The highest BCUT2D eigenvalue weighted by atomic mass is 19.4. The van der Waals surface area contributed by atoms with Crippen LogP contribution in [0.5, 0.6) is 0 Å². The fourth-order valence-corrected chi connectivity index (χ4v) is 2.53. The molecular weight excluding hydrogens is 497 g/mol. The number of methoxy groups -OCH3 is 1. The molecule has 0 amide bonds. The summed E-state index contributed by atoms with van der Waals surface area (Å²) in [5.74, 6) is -43.3. The van der Waals surface area contributed by atoms with Crippen LogP contribution in [0.15, 0.2) is 12.2 Å². The van der Waals surface area contributed by atoms with Crippen molar-refractivity contribution in [2.45, 2.75) is 67.4 Å². The molecule has 0 bridgehead atoms. The fourth-order valence-electron chi connectivity index (χ4n) is 2.53. The van der Waals surface area contributed by atoms with Crippen molar-refractivity contribution in [2.75, 3.05) is 7.11 Å². The number of rotatable bonds is 9. The van der Waals surface area contributed by atoms with Crippen molar-refractivity contribution in [3.05, 3.63) is 12.2 Å². The number of carbonyl (C=O) groups is 1. The standard InChI is InChI=1S/C15H13F15O2/c1-5-8(16,7(31)32-4)9(17,6(2)3)10(18,19)11(20,21)12(22,23)13(24,25)14(26,27)15(28,29)30/h2,5H2,1,3-4H3. The van der Waals surface area contributed by atoms with Crippen molar-refractivity contribution in [3.63, 3.8) is 0 Å². The molecule has 2 nitrogen and oxygen atoms in total. The minimum absolute atomic E-state index is 0.0997. The molecule has 0 N–H and O–H groups in total. The molecule has 2 atom stereocenters. The Morgan fingerprint density at radius 3 is 1.25 bits per heavy atom. The van der Waals surface area contributed by atoms with Gasteiger partial charge in [0.15, 0.2) is 0 Å². The van der Waals surface area contributed by atoms with Crippen LogP contribution in [0.2, 0.25) is 0 Å². The molecule has 0 aromatic heterocycles. The van der Waals surface area contributed by atoms with E-state index < -0.39 is 65.1 Å². The van der Waals surface area contributed by atoms with Crippen LogP contribution in [0.25, 0.3) is 0 Å². The van der Waals surface area contributed by atoms with Gasteiger partial charge in [-0.25, -0.2) is 13.6 Å². The predicted octanol–water partition coefficient (Wildman–Crippen LogP) is 6.30. The zero-order valence-corrected chi connectivity index (χ0v) is 15.9. The molecule has 17 heteroatoms. The number of carbonyl (C=O) groups excluding carboxylic acids is 1. The largest absolute Gasteiger partial charge is 0.467 e. The summed E-state index contributed by atoms with van der Waals surface area (Å²) in [6, 6.07) is 0. The van der Waals surface area contributed by atoms with Crippen molar-refractivity contribution in [3.8, 4) is 0 Å². The van der Waals surface area contributed by atoms with Gasteiger partial charge < -0.3 is 4.74 Å². The summed E-state index contributed by atoms with van der Waals surface area (Å²) in [7, 11) is 0.175. The van der Waals surface area contributed by atoms with Crippen molar-refractivity contribution in [1.29, 1.82) is 0 Å². The van der Waals surface area contributed by atoms with Gasteiger partial charge in [-0.05, 0) is 18.9 Å². The first-order chi connectivity index (χ1) is 13.7. The summed E-state index contributed by atoms with van der Waals surface area (Å²) in [5.41, 5.74) is -13.4. The third kappa shape index (κ3) is 3.40. The Balaban J connectivity index is 7.27. The zero-order valence-electron chi connectivity index (χ0n) is 15.9. The quantitative estimate of drug-likeness (QED) is 0.207. The SMILES string of the molecule is C=C(C)C(F)(C(F)(CC)C(=O)OC)C(F)(F)C(F)(F)C(F)(F)C(F)(F)C(F)(F)C(F)(F)F. The molecule has 2 unspecified atom stereocenters. The molecule has 0 aromatic carbocycles. The van der Waals surface area contributed by atoms with E-state index in [1.165, 1.54) is 0 Å². The predicted molar refractivity (Wildman–Crippen MR) is 75.6 cm³/mol. The smallest absolute Gasteiger partial charge is 0.460 e. The van der Waals surface area contributed by atoms with E-state index in [1.807, 2.05) is 0 Å². The molecule has 190 valence electrons. The maximum absolute atomic E-state index is 15.1. The molecule has 0 fully saturated rings. The van der Waals surface area contributed by atoms with Gasteiger partial charge in [-0.2, -0.15) is 57.1 Å². The monoisotopic (exact) mass is 510 g/mol. The molecule has 0 heterocycles. The summed E-state index contributed by atoms with van der Waals surface area (Å²) in [6.07, 6.45) is -9.60. The first-order valence-corrected chi connectivity index (χ1v) is 7.82. The number of hydrogen-bond donors (Lipinski definition) is 0. The van der Waals surface area contributed by atoms with Crippen LogP contribution in [0, 0.1) is 0 Å². The number of hydrogen-bond acceptors (Lipinski definition) is 2. The van der Waals surface area contributed by atoms with Gasteiger partial charge in [-0.3, -0.25) is 0 Å². The van der Waals surface area contributed by atoms with Crippen LogP contribution in [0.3, 0.4) is 0 Å². The molecule has 0 spiro atoms. The summed E-state index contributed by atoms with van der Waals surface area (Å²) >= 11 is 0. The van der Waals surface area contributed by atoms with Crippen LogP contribution < -0.4 is 0 Å². The highest BCUT2D eigenvalue weighted by Gasteiger charge is 2.94. The van der Waals surface area contributed by atoms with E-state index in [0.29, 0.717) is 6.92 Å². The molecule has 0 radical (unpaired) electrons. The highest BCUT2D eigenvalue weighted by Crippen LogP contribution is 2.64. The lowest BCUT2D eigenvalue weighted by Gasteiger charge is -2.47. The number of halogens is 15. The maximum atomic E-state index is 15.1. The molecule has 0 aliphatic rings. The molecular formula is C15H13F15O2. The highest BCUT2D eigenvalue weighted by molar-refractivity contribution is 5.82. The van der Waals surface area contributed by atoms with Crippen molar-refractivity contribution >= 4 is 5.97 Å². The van der Waals surface area contributed by atoms with Crippen molar-refractivity contribution in [1.82, 2.24) is 0 Å². The van der Waals surface area contributed by atoms with E-state index in [1.54, 1.807) is 0 Å². The average Bonchev–Trinajstić information content (AvgIpc) is 2.63. The molecule has 0 saturated carbocycles. The third-order valence-corrected chi connectivity index (χ3v) is 4.50. The summed E-state index contributed by atoms with van der Waals surface area (Å²) < 4.78 is 206. The minimum atomic E-state index is -8.37. The summed E-state index contributed by atoms with van der Waals surface area (Å²) in [4.78, 5) is 11.5. The zero-order chi connectivity index (χ0) is 26.6. The van der Waals surface area contributed by atoms with Crippen molar-refractivity contribution < 1.29 is 75.4 Å². The molecule has 32 heavy (non-hydrogen) atoms. The van der Waals surface area contributed by atoms with Crippen LogP contribution in [0.4, 0.5) is 65.9 Å². The summed E-state index contributed by atoms with van der Waals surface area (Å²) in [5, 5.41) is 0. The van der Waals surface area contributed by atoms with Gasteiger partial charge in [0, 0.05) is 0 Å². The Hall–Kier alpha value is -1.84. The Bertz CT molecular complexity index is 742. The van der Waals surface area contributed by atoms with E-state index in [4.69, 9.17) is 0 Å². The Labute approximate surface area is 169 Å². The average molecular weight is 510 g/mol. The van der Waals surface area contributed by atoms with E-state index in [9.17, 15) is 66.3 Å². The van der Waals surface area contributed by atoms with E-state index in [-0.39, 0.29) is 14.0 Å². The Kier molecular flexibility index (Phi) is 7.43. The normalized spacial score (nSPS) is 18.6. The number of allylic oxidation sites excluding steroid dienone is 1. The van der Waals surface area contributed by atoms with Crippen LogP contribution >= 0.6 is 0 Å². The second-order valence-electron chi connectivity index (χ2n) is 6.45. The topological polar surface area (TPSA) is 26.3 Å². The van der Waals surface area contributed by atoms with Crippen LogP contribution in [-0.4, -0.2) is 60.2 Å². The van der Waals surface area contributed by atoms with Gasteiger partial charge in [0.05, 0.1) is 7.11 Å². The van der Waals surface area contributed by atoms with Gasteiger partial charge in [0.1, 0.15) is 0 Å². The molecule has 0 aromatic rings. The molecule has 0 saturated heterocycles. The molecule has 0 aliphatic carbocycles. The second-order valence-corrected chi connectivity index (χ2v) is 6.45. The summed E-state index contributed by atoms with van der Waals surface area (Å²) in [6.45, 7) is 2.47. The molecule has 0 aliphatic heterocycles. The Morgan fingerprint density at radius 1 is 0.688 bits per heavy atom. The van der Waals surface area contributed by atoms with E-state index in [2.05, 4.69) is 11.3 Å². The Morgan fingerprint density at radius 2 is 1.00 bits per heavy atom. The molecule has 0 rings (SSSR count). The van der Waals surface area contributed by atoms with Gasteiger partial charge in [0.2, 0.25) is 5.67 Å². The lowest BCUT2D eigenvalue weighted by molar-refractivity contribution is -0.448. The lowest BCUT2D eigenvalue weighted by atomic mass is 9.71. The first-order valence-electron chi connectivity index (χ1n) is 7.82. The fraction of sp³-hybridized carbons (Fsp3) is 0.800. The lowest BCUT2D eigenvalue weighted by Crippen LogP contribution is -2.76. The van der Waals surface area contributed by atoms with Gasteiger partial charge >= 0.3 is 41.8 Å². The maximum Gasteiger partial charge on any atom is 0.460 e.